The molecule has 3 heterocycles. The maximum absolute atomic E-state index is 12.4. The fraction of sp³-hybridized carbons (Fsp3) is 0.250. The molecule has 0 radical (unpaired) electrons. The summed E-state index contributed by atoms with van der Waals surface area (Å²) >= 11 is 1.32. The van der Waals surface area contributed by atoms with E-state index in [2.05, 4.69) is 15.0 Å². The summed E-state index contributed by atoms with van der Waals surface area (Å²) in [5, 5.41) is 5.26. The number of hydrogen-bond donors (Lipinski definition) is 1. The third-order valence-corrected chi connectivity index (χ3v) is 4.92. The van der Waals surface area contributed by atoms with Crippen LogP contribution in [0.5, 0.6) is 0 Å². The zero-order valence-corrected chi connectivity index (χ0v) is 14.0. The van der Waals surface area contributed by atoms with Crippen LogP contribution in [-0.4, -0.2) is 46.7 Å². The van der Waals surface area contributed by atoms with E-state index in [1.165, 1.54) is 28.0 Å². The Balaban J connectivity index is 1.77. The number of carbonyl (C=O) groups is 1. The van der Waals surface area contributed by atoms with Gasteiger partial charge in [-0.1, -0.05) is 23.5 Å². The number of allylic oxidation sites excluding steroid dienone is 5. The van der Waals surface area contributed by atoms with E-state index in [1.54, 1.807) is 18.2 Å². The zero-order valence-electron chi connectivity index (χ0n) is 13.2. The minimum Gasteiger partial charge on any atom is -0.383 e. The highest BCUT2D eigenvalue weighted by Crippen LogP contribution is 2.25. The lowest BCUT2D eigenvalue weighted by molar-refractivity contribution is -0.110. The van der Waals surface area contributed by atoms with Crippen molar-refractivity contribution >= 4 is 39.1 Å². The molecule has 2 aromatic rings. The van der Waals surface area contributed by atoms with Gasteiger partial charge >= 0.3 is 0 Å². The molecule has 9 heteroatoms. The van der Waals surface area contributed by atoms with E-state index in [-0.39, 0.29) is 17.2 Å². The van der Waals surface area contributed by atoms with E-state index >= 15 is 0 Å². The van der Waals surface area contributed by atoms with Crippen LogP contribution in [0.3, 0.4) is 0 Å². The molecule has 4 rings (SSSR count). The first kappa shape index (κ1) is 15.7. The number of nitrogens with two attached hydrogens (primary N) is 1. The van der Waals surface area contributed by atoms with Crippen LogP contribution in [-0.2, 0) is 9.53 Å². The van der Waals surface area contributed by atoms with Crippen LogP contribution in [0.2, 0.25) is 0 Å². The first-order valence-corrected chi connectivity index (χ1v) is 8.57. The molecule has 128 valence electrons. The number of anilines is 2. The van der Waals surface area contributed by atoms with Crippen molar-refractivity contribution in [2.24, 2.45) is 0 Å². The highest BCUT2D eigenvalue weighted by atomic mass is 32.1. The second-order valence-electron chi connectivity index (χ2n) is 5.61. The van der Waals surface area contributed by atoms with Gasteiger partial charge in [-0.15, -0.1) is 5.10 Å². The predicted octanol–water partition coefficient (Wildman–Crippen LogP) is 0.648. The zero-order chi connectivity index (χ0) is 17.4. The average molecular weight is 357 g/mol. The molecular weight excluding hydrogens is 342 g/mol. The Labute approximate surface area is 146 Å². The van der Waals surface area contributed by atoms with Crippen molar-refractivity contribution in [3.05, 3.63) is 45.8 Å². The van der Waals surface area contributed by atoms with Gasteiger partial charge < -0.3 is 15.4 Å². The molecule has 2 N–H and O–H groups in total. The maximum Gasteiger partial charge on any atom is 0.283 e. The molecule has 8 nitrogen and oxygen atoms in total. The fourth-order valence-electron chi connectivity index (χ4n) is 2.62. The minimum absolute atomic E-state index is 0.0925. The van der Waals surface area contributed by atoms with Gasteiger partial charge in [-0.25, -0.2) is 0 Å². The van der Waals surface area contributed by atoms with Gasteiger partial charge in [0.1, 0.15) is 5.82 Å². The average Bonchev–Trinajstić information content (AvgIpc) is 3.05. The molecule has 0 saturated carbocycles. The summed E-state index contributed by atoms with van der Waals surface area (Å²) in [5.41, 5.74) is 6.72. The Morgan fingerprint density at radius 3 is 2.60 bits per heavy atom. The van der Waals surface area contributed by atoms with Crippen molar-refractivity contribution in [2.75, 3.05) is 36.9 Å². The number of nitrogens with zero attached hydrogens (tertiary/aromatic N) is 4. The quantitative estimate of drug-likeness (QED) is 0.841. The van der Waals surface area contributed by atoms with Crippen molar-refractivity contribution < 1.29 is 9.53 Å². The van der Waals surface area contributed by atoms with Gasteiger partial charge in [-0.05, 0) is 23.8 Å². The van der Waals surface area contributed by atoms with Crippen molar-refractivity contribution in [1.29, 1.82) is 0 Å². The summed E-state index contributed by atoms with van der Waals surface area (Å²) < 4.78 is 6.83. The van der Waals surface area contributed by atoms with E-state index < -0.39 is 5.56 Å². The van der Waals surface area contributed by atoms with Crippen LogP contribution in [0, 0.1) is 0 Å². The maximum atomic E-state index is 12.4. The second kappa shape index (κ2) is 6.26. The van der Waals surface area contributed by atoms with Crippen LogP contribution in [0.15, 0.2) is 34.7 Å². The van der Waals surface area contributed by atoms with Gasteiger partial charge in [0.05, 0.1) is 18.8 Å². The summed E-state index contributed by atoms with van der Waals surface area (Å²) in [7, 11) is 0. The lowest BCUT2D eigenvalue weighted by Gasteiger charge is -2.25. The monoisotopic (exact) mass is 357 g/mol. The van der Waals surface area contributed by atoms with Gasteiger partial charge in [-0.3, -0.25) is 9.59 Å². The van der Waals surface area contributed by atoms with Gasteiger partial charge in [-0.2, -0.15) is 9.50 Å². The molecule has 0 unspecified atom stereocenters. The summed E-state index contributed by atoms with van der Waals surface area (Å²) in [6.45, 7) is 2.77. The van der Waals surface area contributed by atoms with Crippen molar-refractivity contribution in [1.82, 2.24) is 14.6 Å². The largest absolute Gasteiger partial charge is 0.383 e. The number of rotatable bonds is 2. The number of nitrogen functional groups attached to an aromatic ring is 1. The van der Waals surface area contributed by atoms with Gasteiger partial charge in [0.2, 0.25) is 10.1 Å². The Morgan fingerprint density at radius 2 is 1.88 bits per heavy atom. The third kappa shape index (κ3) is 2.99. The Hall–Kier alpha value is -2.78. The Bertz CT molecular complexity index is 977. The number of aromatic nitrogens is 3. The van der Waals surface area contributed by atoms with E-state index in [9.17, 15) is 9.59 Å². The van der Waals surface area contributed by atoms with Gasteiger partial charge in [0, 0.05) is 13.1 Å². The first-order valence-electron chi connectivity index (χ1n) is 7.76. The molecule has 2 aliphatic rings. The molecule has 1 saturated heterocycles. The number of morpholine rings is 1. The molecule has 0 spiro atoms. The topological polar surface area (TPSA) is 103 Å². The van der Waals surface area contributed by atoms with E-state index in [0.29, 0.717) is 23.7 Å². The number of ketones is 1. The van der Waals surface area contributed by atoms with Crippen LogP contribution in [0.25, 0.3) is 11.0 Å². The molecule has 1 aliphatic carbocycles. The standard InChI is InChI=1S/C16H15N5O3S/c17-13-12(9-10-1-3-11(22)4-2-10)14(23)18-15-21(13)19-16(25-15)20-5-7-24-8-6-20/h1-4,9H,5-8,17H2. The number of fused-ring (bicyclic) bond motifs is 1. The summed E-state index contributed by atoms with van der Waals surface area (Å²) in [5.74, 6) is 0.141. The summed E-state index contributed by atoms with van der Waals surface area (Å²) in [6, 6.07) is 0. The molecule has 0 atom stereocenters. The molecule has 0 aromatic carbocycles. The number of ether oxygens (including phenoxy) is 1. The third-order valence-electron chi connectivity index (χ3n) is 3.95. The molecule has 0 bridgehead atoms. The van der Waals surface area contributed by atoms with Crippen LogP contribution in [0.4, 0.5) is 10.9 Å². The van der Waals surface area contributed by atoms with Crippen LogP contribution >= 0.6 is 11.3 Å². The van der Waals surface area contributed by atoms with Crippen molar-refractivity contribution in [3.8, 4) is 0 Å². The highest BCUT2D eigenvalue weighted by molar-refractivity contribution is 7.20. The molecule has 1 aliphatic heterocycles. The molecular formula is C16H15N5O3S. The predicted molar refractivity (Wildman–Crippen MR) is 95.8 cm³/mol. The van der Waals surface area contributed by atoms with Gasteiger partial charge in [0.25, 0.3) is 5.56 Å². The Kier molecular flexibility index (Phi) is 3.94. The molecule has 1 fully saturated rings. The van der Waals surface area contributed by atoms with Crippen LogP contribution in [0.1, 0.15) is 5.56 Å². The minimum atomic E-state index is -0.416. The Morgan fingerprint density at radius 1 is 1.16 bits per heavy atom. The normalized spacial score (nSPS) is 17.5. The smallest absolute Gasteiger partial charge is 0.283 e. The van der Waals surface area contributed by atoms with Crippen LogP contribution < -0.4 is 16.2 Å². The lowest BCUT2D eigenvalue weighted by atomic mass is 10.1. The second-order valence-corrected chi connectivity index (χ2v) is 6.54. The molecule has 2 aromatic heterocycles. The van der Waals surface area contributed by atoms with Crippen molar-refractivity contribution in [3.63, 3.8) is 0 Å². The van der Waals surface area contributed by atoms with E-state index in [1.807, 2.05) is 0 Å². The highest BCUT2D eigenvalue weighted by Gasteiger charge is 2.19. The SMILES string of the molecule is Nc1c(C=C2C=CC(=O)C=C2)c(=O)nc2sc(N3CCOCC3)nn12. The van der Waals surface area contributed by atoms with E-state index in [4.69, 9.17) is 10.5 Å². The lowest BCUT2D eigenvalue weighted by Crippen LogP contribution is -2.36. The summed E-state index contributed by atoms with van der Waals surface area (Å²) in [4.78, 5) is 30.2. The molecule has 0 amide bonds. The first-order chi connectivity index (χ1) is 12.1. The fourth-order valence-corrected chi connectivity index (χ4v) is 3.57. The van der Waals surface area contributed by atoms with Gasteiger partial charge in [0.15, 0.2) is 5.78 Å². The number of hydrogen-bond acceptors (Lipinski definition) is 8. The molecule has 25 heavy (non-hydrogen) atoms. The summed E-state index contributed by atoms with van der Waals surface area (Å²) in [6.07, 6.45) is 7.76. The van der Waals surface area contributed by atoms with Crippen molar-refractivity contribution in [2.45, 2.75) is 0 Å². The van der Waals surface area contributed by atoms with E-state index in [0.717, 1.165) is 18.2 Å². The number of carbonyl (C=O) groups excluding carboxylic acids is 1.